The second kappa shape index (κ2) is 6.35. The van der Waals surface area contributed by atoms with E-state index in [0.29, 0.717) is 10.9 Å². The molecule has 0 saturated carbocycles. The van der Waals surface area contributed by atoms with E-state index in [-0.39, 0.29) is 22.9 Å². The Labute approximate surface area is 123 Å². The van der Waals surface area contributed by atoms with E-state index in [9.17, 15) is 8.78 Å². The monoisotopic (exact) mass is 346 g/mol. The molecule has 0 N–H and O–H groups in total. The average Bonchev–Trinajstić information content (AvgIpc) is 2.41. The van der Waals surface area contributed by atoms with Crippen LogP contribution in [0.5, 0.6) is 5.75 Å². The normalized spacial score (nSPS) is 10.5. The van der Waals surface area contributed by atoms with Gasteiger partial charge in [-0.2, -0.15) is 0 Å². The minimum atomic E-state index is -0.541. The summed E-state index contributed by atoms with van der Waals surface area (Å²) in [6.45, 7) is -0.0761. The number of benzene rings is 2. The van der Waals surface area contributed by atoms with Crippen molar-refractivity contribution in [3.05, 3.63) is 64.2 Å². The molecule has 0 aliphatic rings. The highest BCUT2D eigenvalue weighted by Crippen LogP contribution is 2.26. The molecule has 0 heterocycles. The van der Waals surface area contributed by atoms with Crippen LogP contribution in [-0.2, 0) is 11.9 Å². The molecule has 100 valence electrons. The van der Waals surface area contributed by atoms with E-state index in [4.69, 9.17) is 16.3 Å². The molecule has 2 aromatic rings. The van der Waals surface area contributed by atoms with Crippen molar-refractivity contribution in [3.8, 4) is 5.75 Å². The van der Waals surface area contributed by atoms with Crippen LogP contribution in [0, 0.1) is 11.6 Å². The minimum absolute atomic E-state index is 0.0235. The van der Waals surface area contributed by atoms with Gasteiger partial charge in [-0.25, -0.2) is 8.78 Å². The van der Waals surface area contributed by atoms with Crippen LogP contribution in [0.1, 0.15) is 11.1 Å². The topological polar surface area (TPSA) is 9.23 Å². The van der Waals surface area contributed by atoms with Crippen LogP contribution >= 0.6 is 27.5 Å². The molecular formula is C14H10BrClF2O. The van der Waals surface area contributed by atoms with E-state index in [1.54, 1.807) is 24.3 Å². The number of hydrogen-bond acceptors (Lipinski definition) is 1. The van der Waals surface area contributed by atoms with Gasteiger partial charge in [-0.1, -0.05) is 51.8 Å². The van der Waals surface area contributed by atoms with Crippen LogP contribution < -0.4 is 4.74 Å². The maximum atomic E-state index is 13.7. The molecular weight excluding hydrogens is 338 g/mol. The highest BCUT2D eigenvalue weighted by molar-refractivity contribution is 9.08. The summed E-state index contributed by atoms with van der Waals surface area (Å²) in [6.07, 6.45) is 0. The summed E-state index contributed by atoms with van der Waals surface area (Å²) < 4.78 is 32.7. The lowest BCUT2D eigenvalue weighted by atomic mass is 10.2. The van der Waals surface area contributed by atoms with Gasteiger partial charge in [-0.15, -0.1) is 0 Å². The first-order chi connectivity index (χ1) is 9.13. The SMILES string of the molecule is Fc1cccc(CBr)c1OCc1cccc(Cl)c1F. The van der Waals surface area contributed by atoms with Crippen molar-refractivity contribution in [2.75, 3.05) is 0 Å². The summed E-state index contributed by atoms with van der Waals surface area (Å²) in [7, 11) is 0. The van der Waals surface area contributed by atoms with Crippen LogP contribution in [0.25, 0.3) is 0 Å². The van der Waals surface area contributed by atoms with Gasteiger partial charge in [0.15, 0.2) is 11.6 Å². The molecule has 0 bridgehead atoms. The van der Waals surface area contributed by atoms with Gasteiger partial charge in [-0.05, 0) is 12.1 Å². The Bertz CT molecular complexity index is 590. The highest BCUT2D eigenvalue weighted by Gasteiger charge is 2.11. The summed E-state index contributed by atoms with van der Waals surface area (Å²) in [5, 5.41) is 0.480. The second-order valence-electron chi connectivity index (χ2n) is 3.86. The van der Waals surface area contributed by atoms with E-state index < -0.39 is 11.6 Å². The highest BCUT2D eigenvalue weighted by atomic mass is 79.9. The molecule has 2 aromatic carbocycles. The molecule has 0 spiro atoms. The van der Waals surface area contributed by atoms with E-state index in [1.165, 1.54) is 12.1 Å². The maximum absolute atomic E-state index is 13.7. The Morgan fingerprint density at radius 3 is 2.47 bits per heavy atom. The van der Waals surface area contributed by atoms with Crippen LogP contribution in [0.4, 0.5) is 8.78 Å². The Morgan fingerprint density at radius 2 is 1.74 bits per heavy atom. The molecule has 1 nitrogen and oxygen atoms in total. The molecule has 0 atom stereocenters. The Morgan fingerprint density at radius 1 is 1.05 bits per heavy atom. The standard InChI is InChI=1S/C14H10BrClF2O/c15-7-9-3-2-6-12(17)14(9)19-8-10-4-1-5-11(16)13(10)18/h1-6H,7-8H2. The molecule has 2 rings (SSSR count). The van der Waals surface area contributed by atoms with Gasteiger partial charge in [-0.3, -0.25) is 0 Å². The first kappa shape index (κ1) is 14.3. The number of rotatable bonds is 4. The van der Waals surface area contributed by atoms with Crippen molar-refractivity contribution in [2.45, 2.75) is 11.9 Å². The fourth-order valence-corrected chi connectivity index (χ4v) is 2.27. The number of halogens is 4. The van der Waals surface area contributed by atoms with E-state index >= 15 is 0 Å². The van der Waals surface area contributed by atoms with Crippen molar-refractivity contribution in [3.63, 3.8) is 0 Å². The number of hydrogen-bond donors (Lipinski definition) is 0. The molecule has 19 heavy (non-hydrogen) atoms. The quantitative estimate of drug-likeness (QED) is 0.700. The molecule has 5 heteroatoms. The first-order valence-electron chi connectivity index (χ1n) is 5.52. The van der Waals surface area contributed by atoms with E-state index in [2.05, 4.69) is 15.9 Å². The third-order valence-corrected chi connectivity index (χ3v) is 3.49. The van der Waals surface area contributed by atoms with Crippen molar-refractivity contribution >= 4 is 27.5 Å². The minimum Gasteiger partial charge on any atom is -0.485 e. The zero-order chi connectivity index (χ0) is 13.8. The average molecular weight is 348 g/mol. The summed E-state index contributed by atoms with van der Waals surface area (Å²) >= 11 is 8.93. The molecule has 0 saturated heterocycles. The smallest absolute Gasteiger partial charge is 0.165 e. The molecule has 0 amide bonds. The lowest BCUT2D eigenvalue weighted by Crippen LogP contribution is -2.02. The van der Waals surface area contributed by atoms with Gasteiger partial charge < -0.3 is 4.74 Å². The molecule has 0 aliphatic carbocycles. The summed E-state index contributed by atoms with van der Waals surface area (Å²) in [6, 6.07) is 9.26. The maximum Gasteiger partial charge on any atom is 0.165 e. The largest absolute Gasteiger partial charge is 0.485 e. The van der Waals surface area contributed by atoms with Crippen molar-refractivity contribution < 1.29 is 13.5 Å². The van der Waals surface area contributed by atoms with E-state index in [0.717, 1.165) is 0 Å². The Hall–Kier alpha value is -1.13. The summed E-state index contributed by atoms with van der Waals surface area (Å²) in [4.78, 5) is 0. The van der Waals surface area contributed by atoms with Gasteiger partial charge in [0.2, 0.25) is 0 Å². The van der Waals surface area contributed by atoms with Crippen molar-refractivity contribution in [1.82, 2.24) is 0 Å². The zero-order valence-electron chi connectivity index (χ0n) is 9.80. The van der Waals surface area contributed by atoms with Crippen molar-refractivity contribution in [2.24, 2.45) is 0 Å². The third kappa shape index (κ3) is 3.25. The number of alkyl halides is 1. The van der Waals surface area contributed by atoms with Gasteiger partial charge in [0, 0.05) is 16.5 Å². The molecule has 0 radical (unpaired) electrons. The second-order valence-corrected chi connectivity index (χ2v) is 4.83. The number of para-hydroxylation sites is 1. The van der Waals surface area contributed by atoms with Gasteiger partial charge in [0.25, 0.3) is 0 Å². The predicted molar refractivity (Wildman–Crippen MR) is 74.8 cm³/mol. The molecule has 0 fully saturated rings. The zero-order valence-corrected chi connectivity index (χ0v) is 12.1. The van der Waals surface area contributed by atoms with Gasteiger partial charge in [0.05, 0.1) is 5.02 Å². The van der Waals surface area contributed by atoms with E-state index in [1.807, 2.05) is 0 Å². The lowest BCUT2D eigenvalue weighted by Gasteiger charge is -2.11. The molecule has 0 unspecified atom stereocenters. The van der Waals surface area contributed by atoms with Crippen LogP contribution in [-0.4, -0.2) is 0 Å². The first-order valence-corrected chi connectivity index (χ1v) is 7.02. The van der Waals surface area contributed by atoms with Crippen LogP contribution in [0.3, 0.4) is 0 Å². The lowest BCUT2D eigenvalue weighted by molar-refractivity contribution is 0.282. The third-order valence-electron chi connectivity index (χ3n) is 2.60. The summed E-state index contributed by atoms with van der Waals surface area (Å²) in [5.74, 6) is -0.890. The fraction of sp³-hybridized carbons (Fsp3) is 0.143. The van der Waals surface area contributed by atoms with Gasteiger partial charge in [0.1, 0.15) is 12.4 Å². The van der Waals surface area contributed by atoms with Crippen molar-refractivity contribution in [1.29, 1.82) is 0 Å². The predicted octanol–water partition coefficient (Wildman–Crippen LogP) is 5.09. The Balaban J connectivity index is 2.21. The van der Waals surface area contributed by atoms with Crippen LogP contribution in [0.15, 0.2) is 36.4 Å². The number of ether oxygens (including phenoxy) is 1. The van der Waals surface area contributed by atoms with Gasteiger partial charge >= 0.3 is 0 Å². The van der Waals surface area contributed by atoms with Crippen LogP contribution in [0.2, 0.25) is 5.02 Å². The molecule has 0 aliphatic heterocycles. The Kier molecular flexibility index (Phi) is 4.77. The summed E-state index contributed by atoms with van der Waals surface area (Å²) in [5.41, 5.74) is 0.957. The molecule has 0 aromatic heterocycles. The fourth-order valence-electron chi connectivity index (χ4n) is 1.63.